The quantitative estimate of drug-likeness (QED) is 0.605. The monoisotopic (exact) mass is 222 g/mol. The highest BCUT2D eigenvalue weighted by Crippen LogP contribution is 2.20. The van der Waals surface area contributed by atoms with Gasteiger partial charge in [0.15, 0.2) is 10.8 Å². The molecule has 0 saturated heterocycles. The minimum atomic E-state index is -1.03. The van der Waals surface area contributed by atoms with Gasteiger partial charge in [0.05, 0.1) is 6.54 Å². The molecule has 78 valence electrons. The van der Waals surface area contributed by atoms with Gasteiger partial charge >= 0.3 is 5.97 Å². The lowest BCUT2D eigenvalue weighted by molar-refractivity contribution is 0.0691. The van der Waals surface area contributed by atoms with E-state index in [2.05, 4.69) is 17.5 Å². The van der Waals surface area contributed by atoms with Crippen LogP contribution in [0, 0.1) is 12.3 Å². The number of hydrogen-bond donors (Lipinski definition) is 1. The van der Waals surface area contributed by atoms with E-state index in [9.17, 15) is 4.79 Å². The standard InChI is InChI=1S/C10H10N2O2S/c1-3-5-12(6-4-2)10-11-8(7-15-10)9(13)14/h1,4,7H,2,5-6H2,(H,13,14). The summed E-state index contributed by atoms with van der Waals surface area (Å²) >= 11 is 1.26. The Kier molecular flexibility index (Phi) is 3.89. The van der Waals surface area contributed by atoms with Crippen LogP contribution in [-0.4, -0.2) is 29.1 Å². The third kappa shape index (κ3) is 2.82. The minimum Gasteiger partial charge on any atom is -0.476 e. The normalized spacial score (nSPS) is 9.27. The van der Waals surface area contributed by atoms with Crippen LogP contribution in [0.4, 0.5) is 5.13 Å². The zero-order valence-corrected chi connectivity index (χ0v) is 8.83. The highest BCUT2D eigenvalue weighted by molar-refractivity contribution is 7.13. The number of terminal acetylenes is 1. The molecule has 0 radical (unpaired) electrons. The van der Waals surface area contributed by atoms with Crippen LogP contribution in [0.2, 0.25) is 0 Å². The van der Waals surface area contributed by atoms with E-state index in [0.717, 1.165) is 0 Å². The van der Waals surface area contributed by atoms with E-state index in [0.29, 0.717) is 18.2 Å². The Bertz CT molecular complexity index is 406. The fraction of sp³-hybridized carbons (Fsp3) is 0.200. The van der Waals surface area contributed by atoms with Gasteiger partial charge in [-0.3, -0.25) is 0 Å². The number of carboxylic acids is 1. The Morgan fingerprint density at radius 2 is 2.60 bits per heavy atom. The highest BCUT2D eigenvalue weighted by atomic mass is 32.1. The smallest absolute Gasteiger partial charge is 0.355 e. The molecule has 15 heavy (non-hydrogen) atoms. The maximum atomic E-state index is 10.6. The van der Waals surface area contributed by atoms with Gasteiger partial charge in [-0.1, -0.05) is 12.0 Å². The molecule has 0 spiro atoms. The van der Waals surface area contributed by atoms with Crippen LogP contribution < -0.4 is 4.90 Å². The molecule has 0 bridgehead atoms. The Morgan fingerprint density at radius 3 is 3.07 bits per heavy atom. The molecule has 0 unspecified atom stereocenters. The van der Waals surface area contributed by atoms with Crippen LogP contribution in [0.25, 0.3) is 0 Å². The van der Waals surface area contributed by atoms with Gasteiger partial charge in [-0.2, -0.15) is 0 Å². The molecular formula is C10H10N2O2S. The molecule has 0 amide bonds. The fourth-order valence-electron chi connectivity index (χ4n) is 0.984. The van der Waals surface area contributed by atoms with E-state index < -0.39 is 5.97 Å². The summed E-state index contributed by atoms with van der Waals surface area (Å²) in [5.74, 6) is 1.46. The molecule has 0 atom stereocenters. The summed E-state index contributed by atoms with van der Waals surface area (Å²) in [6, 6.07) is 0. The summed E-state index contributed by atoms with van der Waals surface area (Å²) in [4.78, 5) is 16.3. The van der Waals surface area contributed by atoms with Crippen LogP contribution in [0.15, 0.2) is 18.0 Å². The number of thiazole rings is 1. The van der Waals surface area contributed by atoms with Crippen molar-refractivity contribution in [3.8, 4) is 12.3 Å². The minimum absolute atomic E-state index is 0.0427. The van der Waals surface area contributed by atoms with E-state index in [-0.39, 0.29) is 5.69 Å². The van der Waals surface area contributed by atoms with Gasteiger partial charge in [0, 0.05) is 11.9 Å². The van der Waals surface area contributed by atoms with Gasteiger partial charge in [-0.15, -0.1) is 24.3 Å². The zero-order valence-electron chi connectivity index (χ0n) is 8.01. The molecule has 5 heteroatoms. The molecule has 4 nitrogen and oxygen atoms in total. The van der Waals surface area contributed by atoms with E-state index in [1.54, 1.807) is 11.0 Å². The van der Waals surface area contributed by atoms with Gasteiger partial charge in [0.1, 0.15) is 0 Å². The number of aromatic carboxylic acids is 1. The summed E-state index contributed by atoms with van der Waals surface area (Å²) in [6.07, 6.45) is 6.89. The second-order valence-electron chi connectivity index (χ2n) is 2.69. The van der Waals surface area contributed by atoms with Crippen LogP contribution in [0.5, 0.6) is 0 Å². The first-order valence-electron chi connectivity index (χ1n) is 4.17. The summed E-state index contributed by atoms with van der Waals surface area (Å²) in [5, 5.41) is 10.8. The molecule has 0 saturated carbocycles. The number of rotatable bonds is 5. The first kappa shape index (κ1) is 11.3. The average Bonchev–Trinajstić information content (AvgIpc) is 2.66. The summed E-state index contributed by atoms with van der Waals surface area (Å²) in [6.45, 7) is 4.54. The number of aromatic nitrogens is 1. The second kappa shape index (κ2) is 5.17. The van der Waals surface area contributed by atoms with Crippen molar-refractivity contribution in [2.24, 2.45) is 0 Å². The molecule has 0 aliphatic heterocycles. The van der Waals surface area contributed by atoms with Crippen molar-refractivity contribution in [3.63, 3.8) is 0 Å². The molecule has 0 fully saturated rings. The van der Waals surface area contributed by atoms with Crippen LogP contribution in [0.3, 0.4) is 0 Å². The van der Waals surface area contributed by atoms with Crippen molar-refractivity contribution in [1.29, 1.82) is 0 Å². The van der Waals surface area contributed by atoms with Gasteiger partial charge < -0.3 is 10.0 Å². The molecule has 1 heterocycles. The van der Waals surface area contributed by atoms with Crippen molar-refractivity contribution in [3.05, 3.63) is 23.7 Å². The number of hydrogen-bond acceptors (Lipinski definition) is 4. The van der Waals surface area contributed by atoms with Crippen molar-refractivity contribution < 1.29 is 9.90 Å². The lowest BCUT2D eigenvalue weighted by Gasteiger charge is -2.15. The van der Waals surface area contributed by atoms with Crippen LogP contribution in [0.1, 0.15) is 10.5 Å². The van der Waals surface area contributed by atoms with Gasteiger partial charge in [-0.05, 0) is 0 Å². The Morgan fingerprint density at radius 1 is 1.87 bits per heavy atom. The number of carboxylic acid groups (broad SMARTS) is 1. The van der Waals surface area contributed by atoms with Crippen LogP contribution in [-0.2, 0) is 0 Å². The number of anilines is 1. The SMILES string of the molecule is C#CCN(CC=C)c1nc(C(=O)O)cs1. The maximum absolute atomic E-state index is 10.6. The predicted molar refractivity (Wildman–Crippen MR) is 60.3 cm³/mol. The van der Waals surface area contributed by atoms with E-state index in [1.807, 2.05) is 0 Å². The Hall–Kier alpha value is -1.80. The Labute approximate surface area is 91.9 Å². The molecule has 0 aliphatic carbocycles. The molecule has 1 rings (SSSR count). The molecule has 0 aromatic carbocycles. The lowest BCUT2D eigenvalue weighted by Crippen LogP contribution is -2.23. The van der Waals surface area contributed by atoms with Crippen molar-refractivity contribution in [2.75, 3.05) is 18.0 Å². The van der Waals surface area contributed by atoms with Gasteiger partial charge in [0.2, 0.25) is 0 Å². The van der Waals surface area contributed by atoms with Crippen molar-refractivity contribution in [2.45, 2.75) is 0 Å². The largest absolute Gasteiger partial charge is 0.476 e. The zero-order chi connectivity index (χ0) is 11.3. The van der Waals surface area contributed by atoms with E-state index in [1.165, 1.54) is 16.7 Å². The third-order valence-corrected chi connectivity index (χ3v) is 2.51. The molecule has 1 N–H and O–H groups in total. The van der Waals surface area contributed by atoms with Gasteiger partial charge in [-0.25, -0.2) is 9.78 Å². The van der Waals surface area contributed by atoms with E-state index >= 15 is 0 Å². The van der Waals surface area contributed by atoms with Crippen molar-refractivity contribution in [1.82, 2.24) is 4.98 Å². The highest BCUT2D eigenvalue weighted by Gasteiger charge is 2.12. The fourth-order valence-corrected chi connectivity index (χ4v) is 1.79. The predicted octanol–water partition coefficient (Wildman–Crippen LogP) is 1.47. The second-order valence-corrected chi connectivity index (χ2v) is 3.53. The number of carbonyl (C=O) groups is 1. The summed E-state index contributed by atoms with van der Waals surface area (Å²) in [7, 11) is 0. The van der Waals surface area contributed by atoms with Crippen LogP contribution >= 0.6 is 11.3 Å². The first-order valence-corrected chi connectivity index (χ1v) is 5.05. The molecule has 1 aromatic heterocycles. The summed E-state index contributed by atoms with van der Waals surface area (Å²) < 4.78 is 0. The topological polar surface area (TPSA) is 53.4 Å². The average molecular weight is 222 g/mol. The summed E-state index contributed by atoms with van der Waals surface area (Å²) in [5.41, 5.74) is 0.0427. The molecule has 1 aromatic rings. The van der Waals surface area contributed by atoms with E-state index in [4.69, 9.17) is 11.5 Å². The van der Waals surface area contributed by atoms with Crippen molar-refractivity contribution >= 4 is 22.4 Å². The van der Waals surface area contributed by atoms with Gasteiger partial charge in [0.25, 0.3) is 0 Å². The number of nitrogens with zero attached hydrogens (tertiary/aromatic N) is 2. The lowest BCUT2D eigenvalue weighted by atomic mass is 10.5. The maximum Gasteiger partial charge on any atom is 0.355 e. The Balaban J connectivity index is 2.86. The molecule has 0 aliphatic rings. The first-order chi connectivity index (χ1) is 7.19. The third-order valence-electron chi connectivity index (χ3n) is 1.61. The molecular weight excluding hydrogens is 212 g/mol.